The van der Waals surface area contributed by atoms with Gasteiger partial charge in [-0.25, -0.2) is 0 Å². The molecule has 1 saturated carbocycles. The summed E-state index contributed by atoms with van der Waals surface area (Å²) < 4.78 is 3.83. The van der Waals surface area contributed by atoms with Crippen LogP contribution in [-0.4, -0.2) is 27.4 Å². The first-order valence-electron chi connectivity index (χ1n) is 5.94. The van der Waals surface area contributed by atoms with Crippen LogP contribution >= 0.6 is 23.1 Å². The molecule has 0 saturated heterocycles. The van der Waals surface area contributed by atoms with Crippen LogP contribution in [0.5, 0.6) is 0 Å². The van der Waals surface area contributed by atoms with Crippen molar-refractivity contribution in [3.63, 3.8) is 0 Å². The van der Waals surface area contributed by atoms with E-state index in [0.717, 1.165) is 31.4 Å². The van der Waals surface area contributed by atoms with Crippen molar-refractivity contribution in [2.45, 2.75) is 38.6 Å². The molecule has 1 fully saturated rings. The highest BCUT2D eigenvalue weighted by Crippen LogP contribution is 2.27. The van der Waals surface area contributed by atoms with Crippen LogP contribution in [0.4, 0.5) is 0 Å². The molecule has 4 nitrogen and oxygen atoms in total. The first kappa shape index (κ1) is 12.8. The molecule has 1 aromatic rings. The summed E-state index contributed by atoms with van der Waals surface area (Å²) in [6.45, 7) is 1.98. The van der Waals surface area contributed by atoms with E-state index in [4.69, 9.17) is 11.6 Å². The second-order valence-electron chi connectivity index (χ2n) is 4.33. The van der Waals surface area contributed by atoms with E-state index in [9.17, 15) is 4.79 Å². The summed E-state index contributed by atoms with van der Waals surface area (Å²) in [5.41, 5.74) is 0.785. The first-order chi connectivity index (χ1) is 8.26. The summed E-state index contributed by atoms with van der Waals surface area (Å²) >= 11 is 7.06. The van der Waals surface area contributed by atoms with Crippen LogP contribution in [-0.2, 0) is 6.42 Å². The molecule has 1 amide bonds. The van der Waals surface area contributed by atoms with Crippen molar-refractivity contribution in [2.75, 3.05) is 5.88 Å². The highest BCUT2D eigenvalue weighted by atomic mass is 35.5. The molecule has 6 heteroatoms. The summed E-state index contributed by atoms with van der Waals surface area (Å²) in [6, 6.07) is 0.215. The number of nitrogens with one attached hydrogen (secondary N) is 1. The van der Waals surface area contributed by atoms with E-state index < -0.39 is 0 Å². The molecule has 1 aliphatic carbocycles. The number of carbonyl (C=O) groups is 1. The lowest BCUT2D eigenvalue weighted by molar-refractivity contribution is 0.0933. The smallest absolute Gasteiger partial charge is 0.265 e. The van der Waals surface area contributed by atoms with Gasteiger partial charge in [0.1, 0.15) is 4.88 Å². The summed E-state index contributed by atoms with van der Waals surface area (Å²) in [4.78, 5) is 12.7. The zero-order valence-electron chi connectivity index (χ0n) is 9.78. The summed E-state index contributed by atoms with van der Waals surface area (Å²) in [5.74, 6) is 0.984. The Morgan fingerprint density at radius 3 is 3.12 bits per heavy atom. The van der Waals surface area contributed by atoms with Crippen LogP contribution in [0.1, 0.15) is 41.6 Å². The number of alkyl halides is 1. The maximum absolute atomic E-state index is 12.1. The Bertz CT molecular complexity index is 396. The molecule has 2 atom stereocenters. The topological polar surface area (TPSA) is 54.9 Å². The molecule has 0 bridgehead atoms. The molecular weight excluding hydrogens is 258 g/mol. The second-order valence-corrected chi connectivity index (χ2v) is 5.39. The van der Waals surface area contributed by atoms with E-state index >= 15 is 0 Å². The van der Waals surface area contributed by atoms with Gasteiger partial charge < -0.3 is 5.32 Å². The number of nitrogens with zero attached hydrogens (tertiary/aromatic N) is 2. The highest BCUT2D eigenvalue weighted by Gasteiger charge is 2.29. The minimum atomic E-state index is -0.0427. The molecule has 0 radical (unpaired) electrons. The van der Waals surface area contributed by atoms with E-state index in [2.05, 4.69) is 14.9 Å². The van der Waals surface area contributed by atoms with Crippen molar-refractivity contribution in [1.29, 1.82) is 0 Å². The first-order valence-corrected chi connectivity index (χ1v) is 7.25. The van der Waals surface area contributed by atoms with Crippen molar-refractivity contribution in [3.05, 3.63) is 10.6 Å². The predicted molar refractivity (Wildman–Crippen MR) is 68.6 cm³/mol. The number of carbonyl (C=O) groups excluding carboxylic acids is 1. The van der Waals surface area contributed by atoms with Gasteiger partial charge in [0, 0.05) is 11.9 Å². The minimum absolute atomic E-state index is 0.0427. The van der Waals surface area contributed by atoms with E-state index in [1.807, 2.05) is 6.92 Å². The molecule has 1 aromatic heterocycles. The average molecular weight is 274 g/mol. The third-order valence-corrected chi connectivity index (χ3v) is 4.43. The van der Waals surface area contributed by atoms with E-state index in [-0.39, 0.29) is 11.9 Å². The van der Waals surface area contributed by atoms with Crippen LogP contribution in [0.2, 0.25) is 0 Å². The standard InChI is InChI=1S/C11H16ClN3OS/c1-2-8-10(17-15-14-8)11(16)13-9-5-3-4-7(9)6-12/h7,9H,2-6H2,1H3,(H,13,16). The van der Waals surface area contributed by atoms with Crippen LogP contribution in [0.15, 0.2) is 0 Å². The maximum Gasteiger partial charge on any atom is 0.265 e. The molecule has 94 valence electrons. The number of amides is 1. The number of aryl methyl sites for hydroxylation is 1. The lowest BCUT2D eigenvalue weighted by Crippen LogP contribution is -2.37. The maximum atomic E-state index is 12.1. The zero-order valence-corrected chi connectivity index (χ0v) is 11.4. The Hall–Kier alpha value is -0.680. The lowest BCUT2D eigenvalue weighted by atomic mass is 10.1. The van der Waals surface area contributed by atoms with Gasteiger partial charge in [-0.2, -0.15) is 0 Å². The van der Waals surface area contributed by atoms with Gasteiger partial charge in [-0.05, 0) is 36.7 Å². The fourth-order valence-corrected chi connectivity index (χ4v) is 3.28. The van der Waals surface area contributed by atoms with Crippen molar-refractivity contribution in [1.82, 2.24) is 14.9 Å². The fraction of sp³-hybridized carbons (Fsp3) is 0.727. The van der Waals surface area contributed by atoms with Gasteiger partial charge in [0.05, 0.1) is 5.69 Å². The van der Waals surface area contributed by atoms with Crippen LogP contribution in [0.3, 0.4) is 0 Å². The average Bonchev–Trinajstić information content (AvgIpc) is 2.96. The Morgan fingerprint density at radius 1 is 1.59 bits per heavy atom. The van der Waals surface area contributed by atoms with Crippen molar-refractivity contribution in [2.24, 2.45) is 5.92 Å². The van der Waals surface area contributed by atoms with Crippen LogP contribution in [0.25, 0.3) is 0 Å². The Labute approximate surface area is 110 Å². The third kappa shape index (κ3) is 2.77. The zero-order chi connectivity index (χ0) is 12.3. The molecule has 2 unspecified atom stereocenters. The quantitative estimate of drug-likeness (QED) is 0.856. The predicted octanol–water partition coefficient (Wildman–Crippen LogP) is 2.24. The SMILES string of the molecule is CCc1nnsc1C(=O)NC1CCCC1CCl. The number of halogens is 1. The number of hydrogen-bond donors (Lipinski definition) is 1. The summed E-state index contributed by atoms with van der Waals surface area (Å²) in [7, 11) is 0. The van der Waals surface area contributed by atoms with E-state index in [1.54, 1.807) is 0 Å². The molecule has 0 aromatic carbocycles. The fourth-order valence-electron chi connectivity index (χ4n) is 2.26. The molecule has 0 spiro atoms. The van der Waals surface area contributed by atoms with Crippen LogP contribution in [0, 0.1) is 5.92 Å². The number of rotatable bonds is 4. The van der Waals surface area contributed by atoms with Gasteiger partial charge in [0.25, 0.3) is 5.91 Å². The van der Waals surface area contributed by atoms with Crippen LogP contribution < -0.4 is 5.32 Å². The molecule has 1 N–H and O–H groups in total. The minimum Gasteiger partial charge on any atom is -0.348 e. The lowest BCUT2D eigenvalue weighted by Gasteiger charge is -2.18. The van der Waals surface area contributed by atoms with Crippen molar-refractivity contribution in [3.8, 4) is 0 Å². The van der Waals surface area contributed by atoms with Gasteiger partial charge in [0.15, 0.2) is 0 Å². The molecular formula is C11H16ClN3OS. The number of hydrogen-bond acceptors (Lipinski definition) is 4. The monoisotopic (exact) mass is 273 g/mol. The Balaban J connectivity index is 2.01. The van der Waals surface area contributed by atoms with Gasteiger partial charge >= 0.3 is 0 Å². The highest BCUT2D eigenvalue weighted by molar-refractivity contribution is 7.08. The van der Waals surface area contributed by atoms with Gasteiger partial charge in [-0.3, -0.25) is 4.79 Å². The number of aromatic nitrogens is 2. The van der Waals surface area contributed by atoms with E-state index in [0.29, 0.717) is 16.7 Å². The summed E-state index contributed by atoms with van der Waals surface area (Å²) in [5, 5.41) is 7.02. The van der Waals surface area contributed by atoms with Crippen molar-refractivity contribution < 1.29 is 4.79 Å². The van der Waals surface area contributed by atoms with E-state index in [1.165, 1.54) is 11.5 Å². The second kappa shape index (κ2) is 5.78. The largest absolute Gasteiger partial charge is 0.348 e. The third-order valence-electron chi connectivity index (χ3n) is 3.27. The normalized spacial score (nSPS) is 23.9. The van der Waals surface area contributed by atoms with Crippen molar-refractivity contribution >= 4 is 29.0 Å². The Kier molecular flexibility index (Phi) is 4.34. The molecule has 17 heavy (non-hydrogen) atoms. The molecule has 0 aliphatic heterocycles. The summed E-state index contributed by atoms with van der Waals surface area (Å²) in [6.07, 6.45) is 4.01. The van der Waals surface area contributed by atoms with Gasteiger partial charge in [-0.1, -0.05) is 17.8 Å². The molecule has 2 rings (SSSR count). The Morgan fingerprint density at radius 2 is 2.41 bits per heavy atom. The molecule has 1 aliphatic rings. The molecule has 1 heterocycles. The van der Waals surface area contributed by atoms with Gasteiger partial charge in [0.2, 0.25) is 0 Å². The van der Waals surface area contributed by atoms with Gasteiger partial charge in [-0.15, -0.1) is 16.7 Å².